The molecule has 5 aliphatic carbocycles. The topological polar surface area (TPSA) is 91.4 Å². The number of aliphatic hydroxyl groups excluding tert-OH is 1. The summed E-state index contributed by atoms with van der Waals surface area (Å²) in [6.45, 7) is 19.1. The fraction of sp³-hybridized carbons (Fsp3) is 0.714. The summed E-state index contributed by atoms with van der Waals surface area (Å²) in [5.74, 6) is 1.74. The Balaban J connectivity index is 1.21. The van der Waals surface area contributed by atoms with Gasteiger partial charge in [-0.25, -0.2) is 4.79 Å². The highest BCUT2D eigenvalue weighted by Gasteiger charge is 2.72. The number of aromatic nitrogens is 1. The average Bonchev–Trinajstić information content (AvgIpc) is 3.65. The molecule has 0 unspecified atom stereocenters. The van der Waals surface area contributed by atoms with E-state index in [1.54, 1.807) is 0 Å². The molecule has 0 radical (unpaired) electrons. The summed E-state index contributed by atoms with van der Waals surface area (Å²) < 4.78 is 5.28. The van der Waals surface area contributed by atoms with Crippen LogP contribution in [0.4, 0.5) is 0 Å². The number of hydrogen-bond acceptors (Lipinski definition) is 4. The summed E-state index contributed by atoms with van der Waals surface area (Å²) in [6.07, 6.45) is 12.6. The first-order chi connectivity index (χ1) is 22.6. The fourth-order valence-electron chi connectivity index (χ4n) is 13.7. The van der Waals surface area contributed by atoms with Crippen LogP contribution in [-0.4, -0.2) is 41.2 Å². The molecular weight excluding hydrogens is 596 g/mol. The number of carbonyl (C=O) groups excluding carboxylic acids is 2. The Morgan fingerprint density at radius 2 is 1.71 bits per heavy atom. The van der Waals surface area contributed by atoms with Crippen molar-refractivity contribution >= 4 is 22.8 Å². The van der Waals surface area contributed by atoms with Crippen LogP contribution in [0.2, 0.25) is 0 Å². The Morgan fingerprint density at radius 1 is 0.958 bits per heavy atom. The first-order valence-electron chi connectivity index (χ1n) is 18.9. The molecule has 1 aromatic carbocycles. The van der Waals surface area contributed by atoms with E-state index in [2.05, 4.69) is 64.5 Å². The Bertz CT molecular complexity index is 1610. The maximum Gasteiger partial charge on any atom is 0.328 e. The molecule has 6 nitrogen and oxygen atoms in total. The number of allylic oxidation sites excluding steroid dienone is 1. The number of nitrogens with one attached hydrogen (secondary N) is 2. The monoisotopic (exact) mass is 656 g/mol. The van der Waals surface area contributed by atoms with Crippen molar-refractivity contribution in [1.29, 1.82) is 0 Å². The van der Waals surface area contributed by atoms with Crippen molar-refractivity contribution in [3.05, 3.63) is 48.2 Å². The number of amides is 1. The van der Waals surface area contributed by atoms with Crippen LogP contribution in [0.1, 0.15) is 111 Å². The van der Waals surface area contributed by atoms with Gasteiger partial charge < -0.3 is 20.1 Å². The lowest BCUT2D eigenvalue weighted by Crippen LogP contribution is -2.67. The van der Waals surface area contributed by atoms with Gasteiger partial charge >= 0.3 is 5.97 Å². The number of hydrogen-bond donors (Lipinski definition) is 3. The standard InChI is InChI=1S/C42H60N2O4/c1-25(2)27-15-20-42(37(47)44-31(36(46)48-8)23-26-24-43-30-12-10-9-11-28(26)30)22-21-40(6)29(35(27)42)13-14-33-39(5)18-17-34(45)38(3,4)32(39)16-19-41(33,40)7/h9-12,24,27,29,31-35,43,45H,1,13-23H2,2-8H3,(H,44,47)/t27-,29+,31-,32-,33+,34-,35+,39-,40+,41+,42-/m0/s1. The molecule has 5 aliphatic rings. The summed E-state index contributed by atoms with van der Waals surface area (Å²) in [4.78, 5) is 31.5. The number of aromatic amines is 1. The van der Waals surface area contributed by atoms with Crippen LogP contribution in [0.5, 0.6) is 0 Å². The van der Waals surface area contributed by atoms with Gasteiger partial charge in [-0.1, -0.05) is 65.0 Å². The third kappa shape index (κ3) is 4.59. The molecule has 1 heterocycles. The number of carbonyl (C=O) groups is 2. The third-order valence-corrected chi connectivity index (χ3v) is 16.4. The van der Waals surface area contributed by atoms with E-state index in [-0.39, 0.29) is 39.6 Å². The summed E-state index contributed by atoms with van der Waals surface area (Å²) in [6, 6.07) is 7.34. The number of rotatable bonds is 6. The quantitative estimate of drug-likeness (QED) is 0.215. The molecule has 5 fully saturated rings. The summed E-state index contributed by atoms with van der Waals surface area (Å²) in [5, 5.41) is 15.5. The van der Waals surface area contributed by atoms with Gasteiger partial charge in [0.1, 0.15) is 6.04 Å². The number of fused-ring (bicyclic) bond motifs is 8. The largest absolute Gasteiger partial charge is 0.467 e. The molecule has 5 saturated carbocycles. The molecule has 1 amide bonds. The Kier molecular flexibility index (Phi) is 8.09. The third-order valence-electron chi connectivity index (χ3n) is 16.4. The van der Waals surface area contributed by atoms with Gasteiger partial charge in [0.25, 0.3) is 0 Å². The van der Waals surface area contributed by atoms with Gasteiger partial charge in [-0.3, -0.25) is 4.79 Å². The second kappa shape index (κ2) is 11.5. The number of para-hydroxylation sites is 1. The van der Waals surface area contributed by atoms with Crippen LogP contribution in [0, 0.1) is 56.7 Å². The van der Waals surface area contributed by atoms with E-state index in [0.717, 1.165) is 61.4 Å². The zero-order valence-electron chi connectivity index (χ0n) is 30.6. The number of esters is 1. The van der Waals surface area contributed by atoms with Gasteiger partial charge in [-0.05, 0) is 134 Å². The molecule has 0 saturated heterocycles. The first kappa shape index (κ1) is 33.9. The van der Waals surface area contributed by atoms with E-state index in [1.165, 1.54) is 31.9 Å². The molecule has 0 bridgehead atoms. The van der Waals surface area contributed by atoms with Gasteiger partial charge in [0.05, 0.1) is 18.6 Å². The normalized spacial score (nSPS) is 42.1. The predicted octanol–water partition coefficient (Wildman–Crippen LogP) is 8.39. The SMILES string of the molecule is C=C(C)[C@@H]1CC[C@]2(C(=O)N[C@@H](Cc3c[nH]c4ccccc34)C(=O)OC)CC[C@]3(C)[C@H](CC[C@@H]4[C@@]5(C)CC[C@H](O)C(C)(C)[C@@H]5CC[C@]43C)[C@@H]12. The maximum absolute atomic E-state index is 14.9. The Hall–Kier alpha value is -2.60. The van der Waals surface area contributed by atoms with Gasteiger partial charge in [0.15, 0.2) is 0 Å². The highest BCUT2D eigenvalue weighted by atomic mass is 16.5. The minimum atomic E-state index is -0.748. The second-order valence-electron chi connectivity index (χ2n) is 18.3. The zero-order chi connectivity index (χ0) is 34.4. The maximum atomic E-state index is 14.9. The van der Waals surface area contributed by atoms with Crippen molar-refractivity contribution in [3.63, 3.8) is 0 Å². The average molecular weight is 657 g/mol. The van der Waals surface area contributed by atoms with Gasteiger partial charge in [0.2, 0.25) is 5.91 Å². The lowest BCUT2D eigenvalue weighted by Gasteiger charge is -2.72. The van der Waals surface area contributed by atoms with E-state index in [4.69, 9.17) is 4.74 Å². The van der Waals surface area contributed by atoms with Crippen molar-refractivity contribution < 1.29 is 19.4 Å². The van der Waals surface area contributed by atoms with E-state index in [1.807, 2.05) is 24.4 Å². The van der Waals surface area contributed by atoms with Crippen LogP contribution in [0.15, 0.2) is 42.6 Å². The summed E-state index contributed by atoms with van der Waals surface area (Å²) in [5.41, 5.74) is 3.16. The van der Waals surface area contributed by atoms with Crippen molar-refractivity contribution in [2.45, 2.75) is 124 Å². The van der Waals surface area contributed by atoms with Crippen molar-refractivity contribution in [2.24, 2.45) is 56.7 Å². The van der Waals surface area contributed by atoms with Crippen LogP contribution < -0.4 is 5.32 Å². The van der Waals surface area contributed by atoms with Crippen LogP contribution in [0.25, 0.3) is 10.9 Å². The molecular formula is C42H60N2O4. The molecule has 3 N–H and O–H groups in total. The predicted molar refractivity (Wildman–Crippen MR) is 191 cm³/mol. The van der Waals surface area contributed by atoms with Gasteiger partial charge in [0, 0.05) is 23.5 Å². The molecule has 7 rings (SSSR count). The van der Waals surface area contributed by atoms with Gasteiger partial charge in [-0.15, -0.1) is 0 Å². The number of aliphatic hydroxyl groups is 1. The number of methoxy groups -OCH3 is 1. The minimum Gasteiger partial charge on any atom is -0.467 e. The van der Waals surface area contributed by atoms with Crippen LogP contribution in [0.3, 0.4) is 0 Å². The lowest BCUT2D eigenvalue weighted by atomic mass is 9.32. The molecule has 6 heteroatoms. The smallest absolute Gasteiger partial charge is 0.328 e. The molecule has 1 aromatic heterocycles. The molecule has 0 aliphatic heterocycles. The van der Waals surface area contributed by atoms with Crippen molar-refractivity contribution in [2.75, 3.05) is 7.11 Å². The first-order valence-corrected chi connectivity index (χ1v) is 18.9. The Labute approximate surface area is 288 Å². The van der Waals surface area contributed by atoms with Crippen molar-refractivity contribution in [1.82, 2.24) is 10.3 Å². The molecule has 11 atom stereocenters. The van der Waals surface area contributed by atoms with E-state index < -0.39 is 17.4 Å². The van der Waals surface area contributed by atoms with Gasteiger partial charge in [-0.2, -0.15) is 0 Å². The molecule has 262 valence electrons. The molecule has 0 spiro atoms. The Morgan fingerprint density at radius 3 is 2.44 bits per heavy atom. The number of benzene rings is 1. The van der Waals surface area contributed by atoms with Crippen LogP contribution >= 0.6 is 0 Å². The molecule has 2 aromatic rings. The van der Waals surface area contributed by atoms with E-state index >= 15 is 0 Å². The number of H-pyrrole nitrogens is 1. The minimum absolute atomic E-state index is 0.0412. The van der Waals surface area contributed by atoms with E-state index in [9.17, 15) is 14.7 Å². The zero-order valence-corrected chi connectivity index (χ0v) is 30.6. The summed E-state index contributed by atoms with van der Waals surface area (Å²) >= 11 is 0. The second-order valence-corrected chi connectivity index (χ2v) is 18.3. The lowest BCUT2D eigenvalue weighted by molar-refractivity contribution is -0.246. The van der Waals surface area contributed by atoms with E-state index in [0.29, 0.717) is 30.1 Å². The number of ether oxygens (including phenoxy) is 1. The van der Waals surface area contributed by atoms with Crippen molar-refractivity contribution in [3.8, 4) is 0 Å². The highest BCUT2D eigenvalue weighted by Crippen LogP contribution is 2.77. The van der Waals surface area contributed by atoms with Crippen LogP contribution in [-0.2, 0) is 20.7 Å². The summed E-state index contributed by atoms with van der Waals surface area (Å²) in [7, 11) is 1.42. The fourth-order valence-corrected chi connectivity index (χ4v) is 13.7. The highest BCUT2D eigenvalue weighted by molar-refractivity contribution is 5.90. The molecule has 48 heavy (non-hydrogen) atoms.